The van der Waals surface area contributed by atoms with Crippen LogP contribution in [0.25, 0.3) is 0 Å². The molecule has 3 heteroatoms. The molecule has 3 nitrogen and oxygen atoms in total. The molecular weight excluding hydrogens is 154 g/mol. The van der Waals surface area contributed by atoms with Crippen LogP contribution in [0.1, 0.15) is 33.1 Å². The number of carbonyl (C=O) groups is 1. The van der Waals surface area contributed by atoms with E-state index in [0.29, 0.717) is 6.61 Å². The Kier molecular flexibility index (Phi) is 6.08. The lowest BCUT2D eigenvalue weighted by Gasteiger charge is -2.05. The van der Waals surface area contributed by atoms with Crippen LogP contribution < -0.4 is 0 Å². The summed E-state index contributed by atoms with van der Waals surface area (Å²) in [6.07, 6.45) is 1.94. The molecule has 0 aromatic rings. The third-order valence-electron chi connectivity index (χ3n) is 1.54. The van der Waals surface area contributed by atoms with Gasteiger partial charge in [-0.1, -0.05) is 13.3 Å². The van der Waals surface area contributed by atoms with Crippen LogP contribution >= 0.6 is 0 Å². The minimum Gasteiger partial charge on any atom is -0.466 e. The van der Waals surface area contributed by atoms with Crippen molar-refractivity contribution in [3.05, 3.63) is 0 Å². The molecule has 1 unspecified atom stereocenters. The van der Waals surface area contributed by atoms with Crippen LogP contribution in [0.4, 0.5) is 0 Å². The van der Waals surface area contributed by atoms with Crippen molar-refractivity contribution in [1.29, 1.82) is 5.26 Å². The van der Waals surface area contributed by atoms with Gasteiger partial charge < -0.3 is 4.74 Å². The fraction of sp³-hybridized carbons (Fsp3) is 0.778. The Morgan fingerprint density at radius 3 is 2.67 bits per heavy atom. The molecule has 0 heterocycles. The van der Waals surface area contributed by atoms with E-state index < -0.39 is 0 Å². The summed E-state index contributed by atoms with van der Waals surface area (Å²) in [5.74, 6) is -0.438. The Bertz CT molecular complexity index is 172. The van der Waals surface area contributed by atoms with Crippen LogP contribution in [0.5, 0.6) is 0 Å². The first-order valence-corrected chi connectivity index (χ1v) is 4.29. The highest BCUT2D eigenvalue weighted by atomic mass is 16.5. The van der Waals surface area contributed by atoms with Crippen LogP contribution in [0, 0.1) is 17.2 Å². The Balaban J connectivity index is 3.71. The first-order chi connectivity index (χ1) is 5.74. The maximum absolute atomic E-state index is 10.9. The third kappa shape index (κ3) is 4.73. The zero-order valence-electron chi connectivity index (χ0n) is 7.67. The van der Waals surface area contributed by atoms with E-state index in [1.165, 1.54) is 0 Å². The molecule has 0 aromatic heterocycles. The monoisotopic (exact) mass is 169 g/mol. The number of ether oxygens (including phenoxy) is 1. The van der Waals surface area contributed by atoms with Gasteiger partial charge in [0.25, 0.3) is 0 Å². The molecular formula is C9H15NO2. The van der Waals surface area contributed by atoms with E-state index in [4.69, 9.17) is 10.00 Å². The predicted octanol–water partition coefficient (Wildman–Crippen LogP) is 1.88. The van der Waals surface area contributed by atoms with Crippen molar-refractivity contribution in [2.75, 3.05) is 6.61 Å². The van der Waals surface area contributed by atoms with E-state index >= 15 is 0 Å². The van der Waals surface area contributed by atoms with Crippen molar-refractivity contribution in [1.82, 2.24) is 0 Å². The highest BCUT2D eigenvalue weighted by molar-refractivity contribution is 5.70. The second kappa shape index (κ2) is 6.66. The summed E-state index contributed by atoms with van der Waals surface area (Å²) in [5.41, 5.74) is 0. The molecule has 12 heavy (non-hydrogen) atoms. The Labute approximate surface area is 73.3 Å². The fourth-order valence-corrected chi connectivity index (χ4v) is 0.982. The van der Waals surface area contributed by atoms with Crippen molar-refractivity contribution in [2.45, 2.75) is 33.1 Å². The molecule has 0 saturated heterocycles. The van der Waals surface area contributed by atoms with E-state index in [9.17, 15) is 4.79 Å². The van der Waals surface area contributed by atoms with Gasteiger partial charge in [-0.15, -0.1) is 0 Å². The standard InChI is InChI=1S/C9H15NO2/c1-3-5-8(7-10)6-9(11)12-4-2/h8H,3-6H2,1-2H3. The van der Waals surface area contributed by atoms with Gasteiger partial charge in [0.2, 0.25) is 0 Å². The van der Waals surface area contributed by atoms with Gasteiger partial charge in [-0.3, -0.25) is 4.79 Å². The van der Waals surface area contributed by atoms with Crippen molar-refractivity contribution in [3.8, 4) is 6.07 Å². The van der Waals surface area contributed by atoms with Gasteiger partial charge in [0.15, 0.2) is 0 Å². The third-order valence-corrected chi connectivity index (χ3v) is 1.54. The minimum absolute atomic E-state index is 0.172. The number of hydrogen-bond donors (Lipinski definition) is 0. The van der Waals surface area contributed by atoms with Gasteiger partial charge in [-0.05, 0) is 13.3 Å². The first-order valence-electron chi connectivity index (χ1n) is 4.29. The molecule has 0 saturated carbocycles. The van der Waals surface area contributed by atoms with Gasteiger partial charge in [-0.2, -0.15) is 5.26 Å². The summed E-state index contributed by atoms with van der Waals surface area (Å²) < 4.78 is 4.73. The molecule has 0 aliphatic heterocycles. The van der Waals surface area contributed by atoms with E-state index in [0.717, 1.165) is 12.8 Å². The highest BCUT2D eigenvalue weighted by Gasteiger charge is 2.12. The molecule has 0 N–H and O–H groups in total. The summed E-state index contributed by atoms with van der Waals surface area (Å²) in [6, 6.07) is 2.09. The maximum Gasteiger partial charge on any atom is 0.307 e. The molecule has 0 spiro atoms. The lowest BCUT2D eigenvalue weighted by molar-refractivity contribution is -0.143. The quantitative estimate of drug-likeness (QED) is 0.590. The topological polar surface area (TPSA) is 50.1 Å². The van der Waals surface area contributed by atoms with Crippen LogP contribution in [0.15, 0.2) is 0 Å². The van der Waals surface area contributed by atoms with Gasteiger partial charge >= 0.3 is 5.97 Å². The lowest BCUT2D eigenvalue weighted by atomic mass is 10.0. The van der Waals surface area contributed by atoms with Crippen molar-refractivity contribution in [3.63, 3.8) is 0 Å². The highest BCUT2D eigenvalue weighted by Crippen LogP contribution is 2.10. The molecule has 68 valence electrons. The Morgan fingerprint density at radius 1 is 1.58 bits per heavy atom. The Morgan fingerprint density at radius 2 is 2.25 bits per heavy atom. The Hall–Kier alpha value is -1.04. The van der Waals surface area contributed by atoms with E-state index in [2.05, 4.69) is 6.07 Å². The number of nitriles is 1. The average Bonchev–Trinajstić information content (AvgIpc) is 2.04. The smallest absolute Gasteiger partial charge is 0.307 e. The second-order valence-electron chi connectivity index (χ2n) is 2.62. The zero-order valence-corrected chi connectivity index (χ0v) is 7.67. The van der Waals surface area contributed by atoms with E-state index in [1.54, 1.807) is 6.92 Å². The van der Waals surface area contributed by atoms with Crippen molar-refractivity contribution >= 4 is 5.97 Å². The van der Waals surface area contributed by atoms with Crippen LogP contribution in [-0.4, -0.2) is 12.6 Å². The van der Waals surface area contributed by atoms with Crippen LogP contribution in [0.3, 0.4) is 0 Å². The predicted molar refractivity (Wildman–Crippen MR) is 45.3 cm³/mol. The van der Waals surface area contributed by atoms with Crippen molar-refractivity contribution in [2.24, 2.45) is 5.92 Å². The summed E-state index contributed by atoms with van der Waals surface area (Å²) in [4.78, 5) is 10.9. The van der Waals surface area contributed by atoms with E-state index in [-0.39, 0.29) is 18.3 Å². The van der Waals surface area contributed by atoms with Crippen molar-refractivity contribution < 1.29 is 9.53 Å². The molecule has 0 aliphatic carbocycles. The molecule has 0 aliphatic rings. The molecule has 0 bridgehead atoms. The van der Waals surface area contributed by atoms with Gasteiger partial charge in [0, 0.05) is 0 Å². The SMILES string of the molecule is CCCC(C#N)CC(=O)OCC. The zero-order chi connectivity index (χ0) is 9.40. The molecule has 0 rings (SSSR count). The molecule has 0 amide bonds. The normalized spacial score (nSPS) is 11.8. The largest absolute Gasteiger partial charge is 0.466 e. The van der Waals surface area contributed by atoms with Crippen LogP contribution in [-0.2, 0) is 9.53 Å². The summed E-state index contributed by atoms with van der Waals surface area (Å²) in [6.45, 7) is 4.15. The second-order valence-corrected chi connectivity index (χ2v) is 2.62. The van der Waals surface area contributed by atoms with Gasteiger partial charge in [-0.25, -0.2) is 0 Å². The van der Waals surface area contributed by atoms with E-state index in [1.807, 2.05) is 6.92 Å². The minimum atomic E-state index is -0.266. The number of hydrogen-bond acceptors (Lipinski definition) is 3. The summed E-state index contributed by atoms with van der Waals surface area (Å²) >= 11 is 0. The summed E-state index contributed by atoms with van der Waals surface area (Å²) in [5, 5.41) is 8.62. The first kappa shape index (κ1) is 11.0. The molecule has 0 fully saturated rings. The maximum atomic E-state index is 10.9. The summed E-state index contributed by atoms with van der Waals surface area (Å²) in [7, 11) is 0. The number of esters is 1. The van der Waals surface area contributed by atoms with Gasteiger partial charge in [0.05, 0.1) is 25.0 Å². The molecule has 1 atom stereocenters. The number of carbonyl (C=O) groups excluding carboxylic acids is 1. The van der Waals surface area contributed by atoms with Gasteiger partial charge in [0.1, 0.15) is 0 Å². The average molecular weight is 169 g/mol. The number of nitrogens with zero attached hydrogens (tertiary/aromatic N) is 1. The lowest BCUT2D eigenvalue weighted by Crippen LogP contribution is -2.10. The fourth-order valence-electron chi connectivity index (χ4n) is 0.982. The molecule has 0 aromatic carbocycles. The molecule has 0 radical (unpaired) electrons. The number of rotatable bonds is 5. The van der Waals surface area contributed by atoms with Crippen LogP contribution in [0.2, 0.25) is 0 Å².